The van der Waals surface area contributed by atoms with Crippen LogP contribution >= 0.6 is 0 Å². The first-order valence-electron chi connectivity index (χ1n) is 13.5. The van der Waals surface area contributed by atoms with Crippen molar-refractivity contribution < 1.29 is 24.9 Å². The standard InChI is InChI=1S/C28H36N2O5/c31-16-18-6-10-29(11-7-18)23(33)14-20-5-8-28(34)22-13-19-3-4-21(32)25-24(19)27(28,26(20)35-25)9-12-30(22)15-17-1-2-17/h3-4,14,17-18,22,26,31-32,34H,1-2,5-13,15-16H2/b20-14+/t22-,26+,27+,28-/m1/s1. The number of phenolic OH excluding ortho intramolecular Hbond substituents is 1. The SMILES string of the molecule is O=C(/C=C1\CC[C@@]2(O)[C@H]3Cc4ccc(O)c5c4[C@@]2(CCN3CC2CC2)[C@H]1O5)N1CCC(CO)CC1. The number of rotatable bonds is 4. The van der Waals surface area contributed by atoms with E-state index in [2.05, 4.69) is 4.90 Å². The highest BCUT2D eigenvalue weighted by atomic mass is 16.5. The van der Waals surface area contributed by atoms with E-state index in [0.717, 1.165) is 55.8 Å². The van der Waals surface area contributed by atoms with E-state index in [-0.39, 0.29) is 30.2 Å². The Kier molecular flexibility index (Phi) is 4.87. The van der Waals surface area contributed by atoms with Gasteiger partial charge in [-0.1, -0.05) is 6.07 Å². The molecule has 2 saturated carbocycles. The van der Waals surface area contributed by atoms with E-state index in [4.69, 9.17) is 4.74 Å². The van der Waals surface area contributed by atoms with Gasteiger partial charge in [0.2, 0.25) is 5.91 Å². The second-order valence-corrected chi connectivity index (χ2v) is 11.9. The highest BCUT2D eigenvalue weighted by molar-refractivity contribution is 5.89. The molecule has 4 atom stereocenters. The molecule has 0 unspecified atom stereocenters. The second-order valence-electron chi connectivity index (χ2n) is 11.9. The lowest BCUT2D eigenvalue weighted by atomic mass is 9.48. The minimum absolute atomic E-state index is 0.000704. The number of amides is 1. The number of hydrogen-bond donors (Lipinski definition) is 3. The van der Waals surface area contributed by atoms with Gasteiger partial charge in [-0.25, -0.2) is 0 Å². The molecule has 2 saturated heterocycles. The molecule has 1 aromatic carbocycles. The van der Waals surface area contributed by atoms with Crippen molar-refractivity contribution in [1.82, 2.24) is 9.80 Å². The van der Waals surface area contributed by atoms with Gasteiger partial charge in [0.05, 0.1) is 11.0 Å². The summed E-state index contributed by atoms with van der Waals surface area (Å²) in [6, 6.07) is 3.79. The second kappa shape index (κ2) is 7.70. The number of aliphatic hydroxyl groups is 2. The van der Waals surface area contributed by atoms with Gasteiger partial charge in [-0.15, -0.1) is 0 Å². The number of phenols is 1. The Morgan fingerprint density at radius 1 is 1.11 bits per heavy atom. The minimum Gasteiger partial charge on any atom is -0.504 e. The van der Waals surface area contributed by atoms with Crippen LogP contribution in [0.1, 0.15) is 56.1 Å². The van der Waals surface area contributed by atoms with Crippen LogP contribution in [0.2, 0.25) is 0 Å². The predicted molar refractivity (Wildman–Crippen MR) is 129 cm³/mol. The summed E-state index contributed by atoms with van der Waals surface area (Å²) in [7, 11) is 0. The Balaban J connectivity index is 1.27. The Morgan fingerprint density at radius 3 is 2.66 bits per heavy atom. The summed E-state index contributed by atoms with van der Waals surface area (Å²) in [4.78, 5) is 17.7. The highest BCUT2D eigenvalue weighted by Crippen LogP contribution is 2.66. The lowest BCUT2D eigenvalue weighted by Gasteiger charge is -2.63. The van der Waals surface area contributed by atoms with E-state index in [1.807, 2.05) is 11.0 Å². The summed E-state index contributed by atoms with van der Waals surface area (Å²) in [5, 5.41) is 32.7. The highest BCUT2D eigenvalue weighted by Gasteiger charge is 2.72. The van der Waals surface area contributed by atoms with E-state index in [0.29, 0.717) is 31.7 Å². The molecule has 0 aromatic heterocycles. The molecule has 0 radical (unpaired) electrons. The van der Waals surface area contributed by atoms with Crippen LogP contribution in [0, 0.1) is 11.8 Å². The van der Waals surface area contributed by atoms with Gasteiger partial charge in [0, 0.05) is 43.9 Å². The van der Waals surface area contributed by atoms with Gasteiger partial charge >= 0.3 is 0 Å². The van der Waals surface area contributed by atoms with Crippen molar-refractivity contribution in [3.63, 3.8) is 0 Å². The molecule has 1 amide bonds. The fraction of sp³-hybridized carbons (Fsp3) is 0.679. The number of aliphatic hydroxyl groups excluding tert-OH is 1. The van der Waals surface area contributed by atoms with Crippen LogP contribution in [0.5, 0.6) is 11.5 Å². The van der Waals surface area contributed by atoms with E-state index in [1.54, 1.807) is 12.1 Å². The Morgan fingerprint density at radius 2 is 1.91 bits per heavy atom. The van der Waals surface area contributed by atoms with Gasteiger partial charge in [-0.05, 0) is 87.0 Å². The monoisotopic (exact) mass is 480 g/mol. The molecule has 3 aliphatic carbocycles. The van der Waals surface area contributed by atoms with Gasteiger partial charge in [0.25, 0.3) is 0 Å². The minimum atomic E-state index is -0.934. The summed E-state index contributed by atoms with van der Waals surface area (Å²) in [6.07, 6.45) is 8.37. The molecule has 35 heavy (non-hydrogen) atoms. The third-order valence-corrected chi connectivity index (χ3v) is 10.1. The van der Waals surface area contributed by atoms with Crippen LogP contribution in [0.4, 0.5) is 0 Å². The van der Waals surface area contributed by atoms with E-state index < -0.39 is 17.1 Å². The smallest absolute Gasteiger partial charge is 0.246 e. The fourth-order valence-electron chi connectivity index (χ4n) is 8.07. The normalized spacial score (nSPS) is 37.3. The quantitative estimate of drug-likeness (QED) is 0.572. The molecule has 3 heterocycles. The van der Waals surface area contributed by atoms with Crippen molar-refractivity contribution >= 4 is 5.91 Å². The van der Waals surface area contributed by atoms with Gasteiger partial charge in [-0.2, -0.15) is 0 Å². The van der Waals surface area contributed by atoms with Crippen LogP contribution in [0.25, 0.3) is 0 Å². The summed E-state index contributed by atoms with van der Waals surface area (Å²) >= 11 is 0. The van der Waals surface area contributed by atoms with Crippen molar-refractivity contribution in [1.29, 1.82) is 0 Å². The van der Waals surface area contributed by atoms with E-state index in [1.165, 1.54) is 18.4 Å². The maximum absolute atomic E-state index is 13.3. The fourth-order valence-corrected chi connectivity index (χ4v) is 8.07. The van der Waals surface area contributed by atoms with Gasteiger partial charge in [0.1, 0.15) is 6.10 Å². The Hall–Kier alpha value is -2.09. The lowest BCUT2D eigenvalue weighted by Crippen LogP contribution is -2.75. The molecular weight excluding hydrogens is 444 g/mol. The molecular formula is C28H36N2O5. The molecule has 1 spiro atoms. The molecule has 4 fully saturated rings. The van der Waals surface area contributed by atoms with Crippen molar-refractivity contribution in [2.45, 2.75) is 74.5 Å². The van der Waals surface area contributed by atoms with Gasteiger partial charge < -0.3 is 25.0 Å². The zero-order valence-electron chi connectivity index (χ0n) is 20.3. The molecule has 7 heteroatoms. The van der Waals surface area contributed by atoms with Crippen molar-refractivity contribution in [3.05, 3.63) is 34.9 Å². The molecule has 1 aromatic rings. The van der Waals surface area contributed by atoms with Gasteiger partial charge in [0.15, 0.2) is 11.5 Å². The molecule has 6 aliphatic rings. The number of likely N-dealkylation sites (tertiary alicyclic amines) is 2. The van der Waals surface area contributed by atoms with Crippen molar-refractivity contribution in [2.24, 2.45) is 11.8 Å². The predicted octanol–water partition coefficient (Wildman–Crippen LogP) is 2.11. The molecule has 3 N–H and O–H groups in total. The number of hydrogen-bond acceptors (Lipinski definition) is 6. The number of benzene rings is 1. The number of ether oxygens (including phenoxy) is 1. The third kappa shape index (κ3) is 3.04. The largest absolute Gasteiger partial charge is 0.504 e. The molecule has 7 rings (SSSR count). The summed E-state index contributed by atoms with van der Waals surface area (Å²) in [5.41, 5.74) is 1.56. The summed E-state index contributed by atoms with van der Waals surface area (Å²) < 4.78 is 6.54. The van der Waals surface area contributed by atoms with Crippen LogP contribution in [-0.2, 0) is 16.6 Å². The number of aromatic hydroxyl groups is 1. The number of piperidine rings is 2. The van der Waals surface area contributed by atoms with Crippen LogP contribution in [-0.4, -0.2) is 81.6 Å². The zero-order chi connectivity index (χ0) is 23.9. The average Bonchev–Trinajstić information content (AvgIpc) is 3.61. The third-order valence-electron chi connectivity index (χ3n) is 10.1. The first-order chi connectivity index (χ1) is 16.9. The average molecular weight is 481 g/mol. The van der Waals surface area contributed by atoms with Gasteiger partial charge in [-0.3, -0.25) is 9.69 Å². The summed E-state index contributed by atoms with van der Waals surface area (Å²) in [6.45, 7) is 3.48. The number of carbonyl (C=O) groups excluding carboxylic acids is 1. The maximum atomic E-state index is 13.3. The van der Waals surface area contributed by atoms with Crippen LogP contribution in [0.3, 0.4) is 0 Å². The lowest BCUT2D eigenvalue weighted by molar-refractivity contribution is -0.174. The Labute approximate surface area is 206 Å². The Bertz CT molecular complexity index is 1090. The van der Waals surface area contributed by atoms with E-state index in [9.17, 15) is 20.1 Å². The van der Waals surface area contributed by atoms with Crippen LogP contribution < -0.4 is 4.74 Å². The maximum Gasteiger partial charge on any atom is 0.246 e. The zero-order valence-corrected chi connectivity index (χ0v) is 20.3. The summed E-state index contributed by atoms with van der Waals surface area (Å²) in [5.74, 6) is 1.69. The first kappa shape index (κ1) is 22.1. The topological polar surface area (TPSA) is 93.5 Å². The van der Waals surface area contributed by atoms with Crippen molar-refractivity contribution in [3.8, 4) is 11.5 Å². The number of carbonyl (C=O) groups is 1. The van der Waals surface area contributed by atoms with Crippen molar-refractivity contribution in [2.75, 3.05) is 32.8 Å². The molecule has 7 nitrogen and oxygen atoms in total. The molecule has 188 valence electrons. The van der Waals surface area contributed by atoms with Crippen LogP contribution in [0.15, 0.2) is 23.8 Å². The molecule has 3 aliphatic heterocycles. The number of nitrogens with zero attached hydrogens (tertiary/aromatic N) is 2. The van der Waals surface area contributed by atoms with E-state index >= 15 is 0 Å². The first-order valence-corrected chi connectivity index (χ1v) is 13.5. The molecule has 2 bridgehead atoms.